The summed E-state index contributed by atoms with van der Waals surface area (Å²) in [6.07, 6.45) is -2.34. The van der Waals surface area contributed by atoms with Gasteiger partial charge in [0.1, 0.15) is 0 Å². The number of alkyl halides is 3. The van der Waals surface area contributed by atoms with E-state index >= 15 is 0 Å². The largest absolute Gasteiger partial charge is 0.491 e. The minimum Gasteiger partial charge on any atom is -0.491 e. The molecule has 164 valence electrons. The van der Waals surface area contributed by atoms with Crippen LogP contribution in [0.3, 0.4) is 0 Å². The topological polar surface area (TPSA) is 55.3 Å². The van der Waals surface area contributed by atoms with E-state index in [4.69, 9.17) is 9.72 Å². The Morgan fingerprint density at radius 2 is 1.93 bits per heavy atom. The molecule has 1 aliphatic rings. The monoisotopic (exact) mass is 441 g/mol. The van der Waals surface area contributed by atoms with Gasteiger partial charge < -0.3 is 9.64 Å². The number of carbonyl (C=O) groups excluding carboxylic acids is 1. The summed E-state index contributed by atoms with van der Waals surface area (Å²) in [7, 11) is 0. The highest BCUT2D eigenvalue weighted by molar-refractivity contribution is 7.09. The lowest BCUT2D eigenvalue weighted by Gasteiger charge is -2.31. The number of hydrogen-bond donors (Lipinski definition) is 0. The van der Waals surface area contributed by atoms with E-state index in [-0.39, 0.29) is 29.4 Å². The molecular weight excluding hydrogens is 415 g/mol. The lowest BCUT2D eigenvalue weighted by atomic mass is 9.93. The molecule has 30 heavy (non-hydrogen) atoms. The molecule has 9 heteroatoms. The van der Waals surface area contributed by atoms with Crippen LogP contribution in [0.4, 0.5) is 13.2 Å². The van der Waals surface area contributed by atoms with E-state index in [1.165, 1.54) is 0 Å². The molecule has 0 aliphatic carbocycles. The summed E-state index contributed by atoms with van der Waals surface area (Å²) in [5, 5.41) is 3.17. The Morgan fingerprint density at radius 1 is 1.27 bits per heavy atom. The van der Waals surface area contributed by atoms with Gasteiger partial charge in [0, 0.05) is 36.0 Å². The molecule has 0 N–H and O–H groups in total. The molecule has 5 nitrogen and oxygen atoms in total. The smallest absolute Gasteiger partial charge is 0.418 e. The van der Waals surface area contributed by atoms with E-state index in [9.17, 15) is 18.0 Å². The van der Waals surface area contributed by atoms with Crippen LogP contribution in [0.1, 0.15) is 73.2 Å². The quantitative estimate of drug-likeness (QED) is 0.648. The zero-order valence-corrected chi connectivity index (χ0v) is 18.4. The minimum atomic E-state index is -4.54. The van der Waals surface area contributed by atoms with Crippen molar-refractivity contribution < 1.29 is 22.7 Å². The van der Waals surface area contributed by atoms with Crippen molar-refractivity contribution in [3.05, 3.63) is 39.6 Å². The normalized spacial score (nSPS) is 16.0. The number of halogens is 3. The number of rotatable bonds is 4. The van der Waals surface area contributed by atoms with Crippen molar-refractivity contribution in [1.29, 1.82) is 0 Å². The third-order valence-corrected chi connectivity index (χ3v) is 6.11. The number of hydrogen-bond acceptors (Lipinski definition) is 5. The number of pyridine rings is 1. The number of piperidine rings is 1. The Morgan fingerprint density at radius 3 is 2.47 bits per heavy atom. The third kappa shape index (κ3) is 4.94. The SMILES string of the molecule is CCOc1cc(C(F)(F)F)cnc1C(=O)N1CCC(c2nc(C(C)(C)C)cs2)CC1. The molecule has 2 aromatic rings. The molecule has 0 spiro atoms. The number of amides is 1. The Labute approximate surface area is 178 Å². The summed E-state index contributed by atoms with van der Waals surface area (Å²) in [6.45, 7) is 9.18. The van der Waals surface area contributed by atoms with E-state index in [1.54, 1.807) is 23.2 Å². The van der Waals surface area contributed by atoms with Crippen molar-refractivity contribution in [3.63, 3.8) is 0 Å². The fourth-order valence-electron chi connectivity index (χ4n) is 3.32. The predicted octanol–water partition coefficient (Wildman–Crippen LogP) is 5.27. The maximum absolute atomic E-state index is 13.0. The molecule has 0 radical (unpaired) electrons. The fourth-order valence-corrected chi connectivity index (χ4v) is 4.54. The fraction of sp³-hybridized carbons (Fsp3) is 0.571. The highest BCUT2D eigenvalue weighted by Crippen LogP contribution is 2.35. The summed E-state index contributed by atoms with van der Waals surface area (Å²) in [5.74, 6) is -0.253. The molecule has 0 unspecified atom stereocenters. The second-order valence-electron chi connectivity index (χ2n) is 8.39. The van der Waals surface area contributed by atoms with Gasteiger partial charge >= 0.3 is 6.18 Å². The zero-order chi connectivity index (χ0) is 22.1. The molecule has 0 aromatic carbocycles. The first-order valence-corrected chi connectivity index (χ1v) is 10.8. The maximum Gasteiger partial charge on any atom is 0.418 e. The van der Waals surface area contributed by atoms with Crippen LogP contribution in [0, 0.1) is 0 Å². The Balaban J connectivity index is 1.71. The molecule has 0 bridgehead atoms. The van der Waals surface area contributed by atoms with Gasteiger partial charge in [0.2, 0.25) is 0 Å². The first kappa shape index (κ1) is 22.5. The van der Waals surface area contributed by atoms with E-state index in [0.29, 0.717) is 19.3 Å². The van der Waals surface area contributed by atoms with Crippen LogP contribution in [-0.4, -0.2) is 40.5 Å². The predicted molar refractivity (Wildman–Crippen MR) is 109 cm³/mol. The standard InChI is InChI=1S/C21H26F3N3O2S/c1-5-29-15-10-14(21(22,23)24)11-25-17(15)19(28)27-8-6-13(7-9-27)18-26-16(12-30-18)20(2,3)4/h10-13H,5-9H2,1-4H3. The van der Waals surface area contributed by atoms with Crippen LogP contribution in [0.25, 0.3) is 0 Å². The summed E-state index contributed by atoms with van der Waals surface area (Å²) in [5.41, 5.74) is 0.0542. The third-order valence-electron chi connectivity index (χ3n) is 5.10. The average Bonchev–Trinajstić information content (AvgIpc) is 3.18. The van der Waals surface area contributed by atoms with Crippen molar-refractivity contribution in [3.8, 4) is 5.75 Å². The van der Waals surface area contributed by atoms with Crippen LogP contribution >= 0.6 is 11.3 Å². The molecule has 1 fully saturated rings. The van der Waals surface area contributed by atoms with E-state index in [0.717, 1.165) is 29.6 Å². The summed E-state index contributed by atoms with van der Waals surface area (Å²) in [6, 6.07) is 0.847. The highest BCUT2D eigenvalue weighted by Gasteiger charge is 2.34. The Hall–Kier alpha value is -2.16. The Bertz CT molecular complexity index is 898. The summed E-state index contributed by atoms with van der Waals surface area (Å²) in [4.78, 5) is 23.1. The molecule has 0 atom stereocenters. The van der Waals surface area contributed by atoms with E-state index in [2.05, 4.69) is 31.1 Å². The highest BCUT2D eigenvalue weighted by atomic mass is 32.1. The van der Waals surface area contributed by atoms with Gasteiger partial charge in [-0.05, 0) is 25.8 Å². The van der Waals surface area contributed by atoms with Gasteiger partial charge in [0.15, 0.2) is 11.4 Å². The van der Waals surface area contributed by atoms with Gasteiger partial charge in [-0.25, -0.2) is 9.97 Å². The number of likely N-dealkylation sites (tertiary alicyclic amines) is 1. The van der Waals surface area contributed by atoms with Crippen molar-refractivity contribution >= 4 is 17.2 Å². The van der Waals surface area contributed by atoms with Gasteiger partial charge in [-0.1, -0.05) is 20.8 Å². The maximum atomic E-state index is 13.0. The lowest BCUT2D eigenvalue weighted by molar-refractivity contribution is -0.138. The van der Waals surface area contributed by atoms with E-state index in [1.807, 2.05) is 0 Å². The molecule has 0 saturated carbocycles. The molecule has 1 saturated heterocycles. The second kappa shape index (κ2) is 8.53. The van der Waals surface area contributed by atoms with Crippen molar-refractivity contribution in [1.82, 2.24) is 14.9 Å². The van der Waals surface area contributed by atoms with Gasteiger partial charge in [-0.3, -0.25) is 4.79 Å². The van der Waals surface area contributed by atoms with Crippen molar-refractivity contribution in [2.24, 2.45) is 0 Å². The number of thiazole rings is 1. The average molecular weight is 442 g/mol. The Kier molecular flexibility index (Phi) is 6.40. The first-order valence-electron chi connectivity index (χ1n) is 9.96. The molecule has 3 heterocycles. The van der Waals surface area contributed by atoms with Crippen LogP contribution in [0.15, 0.2) is 17.6 Å². The molecule has 3 rings (SSSR count). The van der Waals surface area contributed by atoms with Gasteiger partial charge in [0.05, 0.1) is 22.9 Å². The van der Waals surface area contributed by atoms with Gasteiger partial charge in [-0.15, -0.1) is 11.3 Å². The zero-order valence-electron chi connectivity index (χ0n) is 17.5. The first-order chi connectivity index (χ1) is 14.0. The minimum absolute atomic E-state index is 0.00462. The van der Waals surface area contributed by atoms with Crippen LogP contribution in [-0.2, 0) is 11.6 Å². The van der Waals surface area contributed by atoms with Gasteiger partial charge in [-0.2, -0.15) is 13.2 Å². The second-order valence-corrected chi connectivity index (χ2v) is 9.28. The van der Waals surface area contributed by atoms with Crippen LogP contribution in [0.2, 0.25) is 0 Å². The van der Waals surface area contributed by atoms with Crippen molar-refractivity contribution in [2.45, 2.75) is 58.0 Å². The number of aromatic nitrogens is 2. The lowest BCUT2D eigenvalue weighted by Crippen LogP contribution is -2.38. The number of nitrogens with zero attached hydrogens (tertiary/aromatic N) is 3. The van der Waals surface area contributed by atoms with E-state index < -0.39 is 17.6 Å². The molecular formula is C21H26F3N3O2S. The van der Waals surface area contributed by atoms with Gasteiger partial charge in [0.25, 0.3) is 5.91 Å². The summed E-state index contributed by atoms with van der Waals surface area (Å²) >= 11 is 1.65. The van der Waals surface area contributed by atoms with Crippen molar-refractivity contribution in [2.75, 3.05) is 19.7 Å². The van der Waals surface area contributed by atoms with Crippen LogP contribution < -0.4 is 4.74 Å². The number of ether oxygens (including phenoxy) is 1. The number of carbonyl (C=O) groups is 1. The molecule has 2 aromatic heterocycles. The molecule has 1 aliphatic heterocycles. The van der Waals surface area contributed by atoms with Crippen LogP contribution in [0.5, 0.6) is 5.75 Å². The molecule has 1 amide bonds. The summed E-state index contributed by atoms with van der Waals surface area (Å²) < 4.78 is 44.2.